The lowest BCUT2D eigenvalue weighted by molar-refractivity contribution is -0.137. The zero-order valence-corrected chi connectivity index (χ0v) is 20.1. The molecule has 0 aliphatic carbocycles. The third kappa shape index (κ3) is 4.34. The number of benzene rings is 2. The van der Waals surface area contributed by atoms with Crippen molar-refractivity contribution in [2.24, 2.45) is 5.73 Å². The zero-order chi connectivity index (χ0) is 26.4. The number of oxazole rings is 1. The Balaban J connectivity index is 1.32. The Morgan fingerprint density at radius 1 is 1.11 bits per heavy atom. The molecule has 2 amide bonds. The molecule has 2 aromatic carbocycles. The first-order valence-corrected chi connectivity index (χ1v) is 12.1. The van der Waals surface area contributed by atoms with Gasteiger partial charge in [-0.15, -0.1) is 0 Å². The first-order valence-electron chi connectivity index (χ1n) is 12.1. The molecule has 2 aliphatic rings. The van der Waals surface area contributed by atoms with Crippen molar-refractivity contribution in [3.05, 3.63) is 78.3 Å². The number of urea groups is 1. The van der Waals surface area contributed by atoms with Gasteiger partial charge in [-0.1, -0.05) is 24.3 Å². The molecular formula is C27H23F3N6O2. The van der Waals surface area contributed by atoms with Gasteiger partial charge in [0.1, 0.15) is 0 Å². The summed E-state index contributed by atoms with van der Waals surface area (Å²) in [4.78, 5) is 26.2. The third-order valence-corrected chi connectivity index (χ3v) is 6.78. The van der Waals surface area contributed by atoms with Gasteiger partial charge in [0.05, 0.1) is 35.7 Å². The number of aromatic nitrogens is 2. The first kappa shape index (κ1) is 24.0. The van der Waals surface area contributed by atoms with Gasteiger partial charge in [-0.3, -0.25) is 4.90 Å². The minimum atomic E-state index is -4.47. The van der Waals surface area contributed by atoms with Crippen LogP contribution in [0.1, 0.15) is 17.9 Å². The number of halogens is 3. The van der Waals surface area contributed by atoms with Crippen molar-refractivity contribution >= 4 is 23.2 Å². The molecule has 2 bridgehead atoms. The van der Waals surface area contributed by atoms with Gasteiger partial charge in [0, 0.05) is 29.9 Å². The average molecular weight is 521 g/mol. The van der Waals surface area contributed by atoms with Crippen LogP contribution in [0.15, 0.2) is 71.3 Å². The van der Waals surface area contributed by atoms with Gasteiger partial charge in [-0.2, -0.15) is 13.2 Å². The van der Waals surface area contributed by atoms with Crippen LogP contribution in [0, 0.1) is 0 Å². The molecule has 0 unspecified atom stereocenters. The van der Waals surface area contributed by atoms with E-state index in [0.29, 0.717) is 41.0 Å². The molecule has 4 aromatic rings. The average Bonchev–Trinajstić information content (AvgIpc) is 3.56. The van der Waals surface area contributed by atoms with Crippen molar-refractivity contribution in [1.82, 2.24) is 9.97 Å². The van der Waals surface area contributed by atoms with E-state index in [1.165, 1.54) is 6.07 Å². The Hall–Kier alpha value is -4.38. The second-order valence-electron chi connectivity index (χ2n) is 9.21. The minimum Gasteiger partial charge on any atom is -0.439 e. The molecule has 194 valence electrons. The molecule has 3 N–H and O–H groups in total. The molecule has 38 heavy (non-hydrogen) atoms. The van der Waals surface area contributed by atoms with E-state index in [1.54, 1.807) is 41.4 Å². The number of alkyl halides is 3. The molecule has 0 saturated carbocycles. The fraction of sp³-hybridized carbons (Fsp3) is 0.222. The number of hydrogen-bond donors (Lipinski definition) is 2. The highest BCUT2D eigenvalue weighted by molar-refractivity contribution is 6.05. The Labute approximate surface area is 215 Å². The van der Waals surface area contributed by atoms with Crippen LogP contribution in [-0.4, -0.2) is 35.1 Å². The largest absolute Gasteiger partial charge is 0.439 e. The molecule has 1 saturated heterocycles. The predicted octanol–water partition coefficient (Wildman–Crippen LogP) is 5.51. The summed E-state index contributed by atoms with van der Waals surface area (Å²) in [5.74, 6) is 1.36. The highest BCUT2D eigenvalue weighted by atomic mass is 19.4. The van der Waals surface area contributed by atoms with Crippen molar-refractivity contribution in [2.75, 3.05) is 28.2 Å². The van der Waals surface area contributed by atoms with Gasteiger partial charge in [-0.25, -0.2) is 14.8 Å². The number of nitrogens with one attached hydrogen (secondary N) is 1. The number of fused-ring (bicyclic) bond motifs is 4. The van der Waals surface area contributed by atoms with Crippen LogP contribution < -0.4 is 20.9 Å². The van der Waals surface area contributed by atoms with Crippen LogP contribution >= 0.6 is 0 Å². The number of nitrogens with two attached hydrogens (primary N) is 1. The van der Waals surface area contributed by atoms with Gasteiger partial charge in [0.25, 0.3) is 0 Å². The fourth-order valence-electron chi connectivity index (χ4n) is 4.96. The standard InChI is InChI=1S/C27H23F3N6O2/c28-27(29,30)18-5-1-3-16(11-18)21-7-8-22-25(34-21)36(20-9-10-35(22)15-20)26(37)33-19-6-2-4-17(12-19)23-14-32-24(13-31)38-23/h1-8,11-12,14,20H,9-10,13,15,31H2,(H,33,37)/t20-/m0/s1. The SMILES string of the molecule is NCc1ncc(-c2cccc(NC(=O)N3c4nc(-c5cccc(C(F)(F)F)c5)ccc4N4CC[C@H]3C4)c2)o1. The Morgan fingerprint density at radius 2 is 1.92 bits per heavy atom. The molecule has 0 spiro atoms. The molecule has 4 heterocycles. The summed E-state index contributed by atoms with van der Waals surface area (Å²) in [5.41, 5.74) is 7.57. The van der Waals surface area contributed by atoms with Gasteiger partial charge >= 0.3 is 12.2 Å². The number of nitrogens with zero attached hydrogens (tertiary/aromatic N) is 4. The number of carbonyl (C=O) groups excluding carboxylic acids is 1. The van der Waals surface area contributed by atoms with Crippen LogP contribution in [0.4, 0.5) is 35.2 Å². The van der Waals surface area contributed by atoms with E-state index in [-0.39, 0.29) is 18.6 Å². The Bertz CT molecular complexity index is 1520. The summed E-state index contributed by atoms with van der Waals surface area (Å²) in [7, 11) is 0. The Morgan fingerprint density at radius 3 is 2.71 bits per heavy atom. The van der Waals surface area contributed by atoms with Crippen molar-refractivity contribution in [2.45, 2.75) is 25.2 Å². The maximum absolute atomic E-state index is 13.6. The zero-order valence-electron chi connectivity index (χ0n) is 20.1. The normalized spacial score (nSPS) is 16.5. The number of carbonyl (C=O) groups is 1. The van der Waals surface area contributed by atoms with Crippen LogP contribution in [0.2, 0.25) is 0 Å². The molecular weight excluding hydrogens is 497 g/mol. The van der Waals surface area contributed by atoms with Crippen molar-refractivity contribution in [1.29, 1.82) is 0 Å². The number of amides is 2. The maximum Gasteiger partial charge on any atom is 0.416 e. The van der Waals surface area contributed by atoms with Crippen molar-refractivity contribution in [3.8, 4) is 22.6 Å². The van der Waals surface area contributed by atoms with E-state index in [2.05, 4.69) is 20.2 Å². The van der Waals surface area contributed by atoms with E-state index in [4.69, 9.17) is 10.2 Å². The molecule has 0 radical (unpaired) electrons. The van der Waals surface area contributed by atoms with Crippen molar-refractivity contribution in [3.63, 3.8) is 0 Å². The van der Waals surface area contributed by atoms with E-state index in [0.717, 1.165) is 36.3 Å². The molecule has 1 fully saturated rings. The monoisotopic (exact) mass is 520 g/mol. The Kier molecular flexibility index (Phi) is 5.79. The smallest absolute Gasteiger partial charge is 0.416 e. The molecule has 6 rings (SSSR count). The lowest BCUT2D eigenvalue weighted by Crippen LogP contribution is -2.48. The summed E-state index contributed by atoms with van der Waals surface area (Å²) in [6.07, 6.45) is -2.13. The second-order valence-corrected chi connectivity index (χ2v) is 9.21. The molecule has 8 nitrogen and oxygen atoms in total. The van der Waals surface area contributed by atoms with E-state index in [1.807, 2.05) is 12.1 Å². The summed E-state index contributed by atoms with van der Waals surface area (Å²) < 4.78 is 45.5. The summed E-state index contributed by atoms with van der Waals surface area (Å²) >= 11 is 0. The molecule has 1 atom stereocenters. The third-order valence-electron chi connectivity index (χ3n) is 6.78. The quantitative estimate of drug-likeness (QED) is 0.368. The van der Waals surface area contributed by atoms with Gasteiger partial charge in [-0.05, 0) is 42.8 Å². The maximum atomic E-state index is 13.6. The van der Waals surface area contributed by atoms with Crippen molar-refractivity contribution < 1.29 is 22.4 Å². The minimum absolute atomic E-state index is 0.115. The number of pyridine rings is 1. The highest BCUT2D eigenvalue weighted by Crippen LogP contribution is 2.41. The summed E-state index contributed by atoms with van der Waals surface area (Å²) in [6, 6.07) is 15.2. The number of anilines is 3. The van der Waals surface area contributed by atoms with Gasteiger partial charge in [0.15, 0.2) is 11.6 Å². The first-order chi connectivity index (χ1) is 18.3. The van der Waals surface area contributed by atoms with Crippen LogP contribution in [0.25, 0.3) is 22.6 Å². The van der Waals surface area contributed by atoms with E-state index in [9.17, 15) is 18.0 Å². The lowest BCUT2D eigenvalue weighted by Gasteiger charge is -2.36. The predicted molar refractivity (Wildman–Crippen MR) is 137 cm³/mol. The summed E-state index contributed by atoms with van der Waals surface area (Å²) in [6.45, 7) is 1.60. The second kappa shape index (κ2) is 9.18. The number of rotatable bonds is 4. The lowest BCUT2D eigenvalue weighted by atomic mass is 10.1. The van der Waals surface area contributed by atoms with Gasteiger partial charge in [0.2, 0.25) is 5.89 Å². The van der Waals surface area contributed by atoms with Crippen LogP contribution in [0.3, 0.4) is 0 Å². The fourth-order valence-corrected chi connectivity index (χ4v) is 4.96. The summed E-state index contributed by atoms with van der Waals surface area (Å²) in [5, 5.41) is 2.95. The molecule has 2 aromatic heterocycles. The van der Waals surface area contributed by atoms with Crippen LogP contribution in [-0.2, 0) is 12.7 Å². The topological polar surface area (TPSA) is 101 Å². The number of hydrogen-bond acceptors (Lipinski definition) is 6. The molecule has 2 aliphatic heterocycles. The highest BCUT2D eigenvalue weighted by Gasteiger charge is 2.40. The van der Waals surface area contributed by atoms with Gasteiger partial charge < -0.3 is 20.4 Å². The van der Waals surface area contributed by atoms with E-state index >= 15 is 0 Å². The van der Waals surface area contributed by atoms with E-state index < -0.39 is 11.7 Å². The molecule has 11 heteroatoms. The van der Waals surface area contributed by atoms with Crippen LogP contribution in [0.5, 0.6) is 0 Å².